The highest BCUT2D eigenvalue weighted by atomic mass is 16.4. The number of hydrogen-bond donors (Lipinski definition) is 2. The number of nitrogens with zero attached hydrogens (tertiary/aromatic N) is 6. The summed E-state index contributed by atoms with van der Waals surface area (Å²) >= 11 is 0. The molecule has 0 unspecified atom stereocenters. The Morgan fingerprint density at radius 2 is 2.24 bits per heavy atom. The molecule has 1 saturated heterocycles. The molecule has 9 nitrogen and oxygen atoms in total. The fourth-order valence-electron chi connectivity index (χ4n) is 2.69. The second-order valence-electron chi connectivity index (χ2n) is 5.11. The molecule has 112 valence electrons. The van der Waals surface area contributed by atoms with Crippen molar-refractivity contribution < 1.29 is 9.90 Å². The molecule has 0 spiro atoms. The summed E-state index contributed by atoms with van der Waals surface area (Å²) in [6.07, 6.45) is 3.23. The number of carbonyl (C=O) groups is 1. The third-order valence-corrected chi connectivity index (χ3v) is 3.80. The molecule has 1 aliphatic heterocycles. The van der Waals surface area contributed by atoms with E-state index in [0.29, 0.717) is 18.1 Å². The summed E-state index contributed by atoms with van der Waals surface area (Å²) in [4.78, 5) is 15.5. The van der Waals surface area contributed by atoms with Gasteiger partial charge in [0.15, 0.2) is 5.69 Å². The van der Waals surface area contributed by atoms with Gasteiger partial charge in [-0.2, -0.15) is 5.10 Å². The van der Waals surface area contributed by atoms with Crippen molar-refractivity contribution in [1.82, 2.24) is 35.1 Å². The number of hydrogen-bond acceptors (Lipinski definition) is 6. The van der Waals surface area contributed by atoms with Crippen molar-refractivity contribution in [1.29, 1.82) is 0 Å². The topological polar surface area (TPSA) is 111 Å². The second kappa shape index (κ2) is 5.60. The lowest BCUT2D eigenvalue weighted by atomic mass is 9.93. The third kappa shape index (κ3) is 2.64. The molecule has 3 heterocycles. The zero-order valence-electron chi connectivity index (χ0n) is 11.7. The molecule has 0 atom stereocenters. The molecule has 21 heavy (non-hydrogen) atoms. The van der Waals surface area contributed by atoms with Crippen molar-refractivity contribution in [3.05, 3.63) is 23.5 Å². The minimum atomic E-state index is -1.03. The van der Waals surface area contributed by atoms with Gasteiger partial charge >= 0.3 is 5.97 Å². The van der Waals surface area contributed by atoms with Crippen molar-refractivity contribution in [3.63, 3.8) is 0 Å². The predicted octanol–water partition coefficient (Wildman–Crippen LogP) is -0.380. The first kappa shape index (κ1) is 13.7. The number of nitrogens with one attached hydrogen (secondary N) is 1. The van der Waals surface area contributed by atoms with Crippen LogP contribution in [0.15, 0.2) is 6.33 Å². The van der Waals surface area contributed by atoms with Gasteiger partial charge in [0, 0.05) is 13.0 Å². The van der Waals surface area contributed by atoms with Crippen LogP contribution in [0.5, 0.6) is 0 Å². The summed E-state index contributed by atoms with van der Waals surface area (Å²) < 4.78 is 3.29. The van der Waals surface area contributed by atoms with Crippen molar-refractivity contribution in [2.24, 2.45) is 7.05 Å². The summed E-state index contributed by atoms with van der Waals surface area (Å²) in [6, 6.07) is 0. The molecule has 0 saturated carbocycles. The van der Waals surface area contributed by atoms with Crippen molar-refractivity contribution in [2.75, 3.05) is 13.1 Å². The molecule has 1 fully saturated rings. The van der Waals surface area contributed by atoms with E-state index in [9.17, 15) is 9.90 Å². The second-order valence-corrected chi connectivity index (χ2v) is 5.11. The normalized spacial score (nSPS) is 16.2. The maximum Gasteiger partial charge on any atom is 0.358 e. The van der Waals surface area contributed by atoms with Crippen LogP contribution in [0.25, 0.3) is 0 Å². The number of rotatable bonds is 4. The highest BCUT2D eigenvalue weighted by molar-refractivity contribution is 5.86. The van der Waals surface area contributed by atoms with E-state index in [4.69, 9.17) is 0 Å². The molecule has 0 aliphatic carbocycles. The van der Waals surface area contributed by atoms with Crippen molar-refractivity contribution in [2.45, 2.75) is 25.3 Å². The van der Waals surface area contributed by atoms with Crippen LogP contribution in [0.1, 0.15) is 40.8 Å². The van der Waals surface area contributed by atoms with Gasteiger partial charge in [0.2, 0.25) is 0 Å². The minimum absolute atomic E-state index is 0.0454. The summed E-state index contributed by atoms with van der Waals surface area (Å²) in [5.41, 5.74) is 0.732. The Hall–Kier alpha value is -2.29. The summed E-state index contributed by atoms with van der Waals surface area (Å²) in [6.45, 7) is 2.12. The number of carboxylic acid groups (broad SMARTS) is 1. The van der Waals surface area contributed by atoms with Crippen molar-refractivity contribution in [3.8, 4) is 0 Å². The molecule has 2 N–H and O–H groups in total. The fraction of sp³-hybridized carbons (Fsp3) is 0.583. The van der Waals surface area contributed by atoms with Crippen LogP contribution in [-0.4, -0.2) is 53.9 Å². The number of aryl methyl sites for hydroxylation is 1. The minimum Gasteiger partial charge on any atom is -0.476 e. The van der Waals surface area contributed by atoms with Crippen LogP contribution < -0.4 is 5.32 Å². The average molecular weight is 291 g/mol. The van der Waals surface area contributed by atoms with Gasteiger partial charge in [0.05, 0.1) is 5.69 Å². The van der Waals surface area contributed by atoms with Gasteiger partial charge in [-0.25, -0.2) is 14.5 Å². The monoisotopic (exact) mass is 291 g/mol. The van der Waals surface area contributed by atoms with Crippen LogP contribution in [0.2, 0.25) is 0 Å². The number of aromatic carboxylic acids is 1. The lowest BCUT2D eigenvalue weighted by Crippen LogP contribution is -2.29. The van der Waals surface area contributed by atoms with E-state index in [1.54, 1.807) is 16.4 Å². The van der Waals surface area contributed by atoms with Gasteiger partial charge in [0.25, 0.3) is 0 Å². The molecule has 0 amide bonds. The van der Waals surface area contributed by atoms with Crippen LogP contribution in [0.3, 0.4) is 0 Å². The maximum atomic E-state index is 11.4. The maximum absolute atomic E-state index is 11.4. The molecule has 3 rings (SSSR count). The fourth-order valence-corrected chi connectivity index (χ4v) is 2.69. The van der Waals surface area contributed by atoms with E-state index in [1.165, 1.54) is 6.33 Å². The molecule has 0 aromatic carbocycles. The lowest BCUT2D eigenvalue weighted by molar-refractivity contribution is 0.0688. The Morgan fingerprint density at radius 1 is 1.48 bits per heavy atom. The predicted molar refractivity (Wildman–Crippen MR) is 71.9 cm³/mol. The van der Waals surface area contributed by atoms with E-state index in [1.807, 2.05) is 0 Å². The molecule has 2 aromatic rings. The Labute approximate surface area is 121 Å². The van der Waals surface area contributed by atoms with Gasteiger partial charge in [-0.05, 0) is 25.9 Å². The van der Waals surface area contributed by atoms with E-state index < -0.39 is 5.97 Å². The lowest BCUT2D eigenvalue weighted by Gasteiger charge is -2.23. The number of piperidine rings is 1. The summed E-state index contributed by atoms with van der Waals surface area (Å²) in [5.74, 6) is -0.166. The van der Waals surface area contributed by atoms with Gasteiger partial charge in [-0.3, -0.25) is 4.68 Å². The van der Waals surface area contributed by atoms with E-state index in [-0.39, 0.29) is 11.6 Å². The molecule has 2 aromatic heterocycles. The standard InChI is InChI=1S/C12H17N7O2/c1-18-9(14-7-15-18)6-19-11(8-2-4-13-5-3-8)10(12(20)21)16-17-19/h7-8,13H,2-6H2,1H3,(H,20,21). The third-order valence-electron chi connectivity index (χ3n) is 3.80. The van der Waals surface area contributed by atoms with Gasteiger partial charge in [0.1, 0.15) is 18.7 Å². The number of aromatic nitrogens is 6. The smallest absolute Gasteiger partial charge is 0.358 e. The molecular formula is C12H17N7O2. The average Bonchev–Trinajstić information content (AvgIpc) is 3.07. The Bertz CT molecular complexity index is 642. The molecule has 9 heteroatoms. The summed E-state index contributed by atoms with van der Waals surface area (Å²) in [5, 5.41) is 24.5. The van der Waals surface area contributed by atoms with E-state index >= 15 is 0 Å². The SMILES string of the molecule is Cn1ncnc1Cn1nnc(C(=O)O)c1C1CCNCC1. The van der Waals surface area contributed by atoms with Crippen molar-refractivity contribution >= 4 is 5.97 Å². The quantitative estimate of drug-likeness (QED) is 0.790. The van der Waals surface area contributed by atoms with Crippen LogP contribution >= 0.6 is 0 Å². The van der Waals surface area contributed by atoms with Crippen LogP contribution in [0.4, 0.5) is 0 Å². The zero-order valence-corrected chi connectivity index (χ0v) is 11.7. The zero-order chi connectivity index (χ0) is 14.8. The van der Waals surface area contributed by atoms with Gasteiger partial charge < -0.3 is 10.4 Å². The Morgan fingerprint density at radius 3 is 2.86 bits per heavy atom. The molecule has 1 aliphatic rings. The summed E-state index contributed by atoms with van der Waals surface area (Å²) in [7, 11) is 1.79. The largest absolute Gasteiger partial charge is 0.476 e. The van der Waals surface area contributed by atoms with E-state index in [0.717, 1.165) is 25.9 Å². The molecule has 0 radical (unpaired) electrons. The first-order chi connectivity index (χ1) is 10.2. The van der Waals surface area contributed by atoms with Gasteiger partial charge in [-0.1, -0.05) is 5.21 Å². The molecular weight excluding hydrogens is 274 g/mol. The highest BCUT2D eigenvalue weighted by Crippen LogP contribution is 2.27. The Kier molecular flexibility index (Phi) is 3.65. The van der Waals surface area contributed by atoms with Crippen LogP contribution in [0, 0.1) is 0 Å². The van der Waals surface area contributed by atoms with Crippen LogP contribution in [-0.2, 0) is 13.6 Å². The van der Waals surface area contributed by atoms with Gasteiger partial charge in [-0.15, -0.1) is 5.10 Å². The first-order valence-electron chi connectivity index (χ1n) is 6.87. The van der Waals surface area contributed by atoms with E-state index in [2.05, 4.69) is 25.7 Å². The number of carboxylic acids is 1. The highest BCUT2D eigenvalue weighted by Gasteiger charge is 2.28. The first-order valence-corrected chi connectivity index (χ1v) is 6.87. The molecule has 0 bridgehead atoms. The Balaban J connectivity index is 1.96.